The number of nitrogens with zero attached hydrogens (tertiary/aromatic N) is 2. The van der Waals surface area contributed by atoms with Crippen molar-refractivity contribution in [1.82, 2.24) is 9.78 Å². The van der Waals surface area contributed by atoms with Gasteiger partial charge >= 0.3 is 5.97 Å². The molecule has 1 unspecified atom stereocenters. The Morgan fingerprint density at radius 2 is 2.12 bits per heavy atom. The lowest BCUT2D eigenvalue weighted by atomic mass is 9.78. The van der Waals surface area contributed by atoms with Crippen LogP contribution in [0.25, 0.3) is 16.5 Å². The number of aryl methyl sites for hydroxylation is 1. The van der Waals surface area contributed by atoms with Gasteiger partial charge in [0.2, 0.25) is 0 Å². The largest absolute Gasteiger partial charge is 0.480 e. The number of benzene rings is 2. The highest BCUT2D eigenvalue weighted by Gasteiger charge is 2.43. The Labute approximate surface area is 150 Å². The molecule has 1 aromatic heterocycles. The third kappa shape index (κ3) is 2.35. The number of rotatable bonds is 3. The number of aliphatic carboxylic acids is 1. The summed E-state index contributed by atoms with van der Waals surface area (Å²) in [4.78, 5) is 12.2. The van der Waals surface area contributed by atoms with E-state index in [2.05, 4.69) is 5.10 Å². The van der Waals surface area contributed by atoms with E-state index in [0.717, 1.165) is 22.0 Å². The second kappa shape index (κ2) is 5.80. The van der Waals surface area contributed by atoms with Gasteiger partial charge in [-0.1, -0.05) is 30.3 Å². The van der Waals surface area contributed by atoms with Crippen LogP contribution in [-0.2, 0) is 17.3 Å². The molecule has 2 aromatic carbocycles. The number of allylic oxidation sites excluding steroid dienone is 1. The molecule has 3 aromatic rings. The summed E-state index contributed by atoms with van der Waals surface area (Å²) >= 11 is 0. The van der Waals surface area contributed by atoms with Crippen molar-refractivity contribution < 1.29 is 14.3 Å². The van der Waals surface area contributed by atoms with Gasteiger partial charge in [0, 0.05) is 12.4 Å². The molecule has 0 saturated heterocycles. The van der Waals surface area contributed by atoms with Crippen LogP contribution >= 0.6 is 0 Å². The first-order valence-corrected chi connectivity index (χ1v) is 8.55. The van der Waals surface area contributed by atoms with Crippen LogP contribution in [0.4, 0.5) is 4.39 Å². The highest BCUT2D eigenvalue weighted by molar-refractivity contribution is 5.91. The molecular formula is C21H19FN2O2. The first-order valence-electron chi connectivity index (χ1n) is 8.55. The molecule has 1 heterocycles. The van der Waals surface area contributed by atoms with Crippen molar-refractivity contribution in [3.05, 3.63) is 71.2 Å². The van der Waals surface area contributed by atoms with Gasteiger partial charge in [-0.05, 0) is 54.2 Å². The predicted molar refractivity (Wildman–Crippen MR) is 98.4 cm³/mol. The summed E-state index contributed by atoms with van der Waals surface area (Å²) in [7, 11) is 1.88. The number of carboxylic acids is 1. The second-order valence-electron chi connectivity index (χ2n) is 6.90. The quantitative estimate of drug-likeness (QED) is 0.769. The van der Waals surface area contributed by atoms with Gasteiger partial charge in [-0.3, -0.25) is 9.48 Å². The van der Waals surface area contributed by atoms with Crippen molar-refractivity contribution >= 4 is 22.4 Å². The number of hydrogen-bond acceptors (Lipinski definition) is 2. The van der Waals surface area contributed by atoms with Crippen molar-refractivity contribution in [3.63, 3.8) is 0 Å². The summed E-state index contributed by atoms with van der Waals surface area (Å²) in [6.45, 7) is 1.64. The summed E-state index contributed by atoms with van der Waals surface area (Å²) in [6, 6.07) is 10.7. The van der Waals surface area contributed by atoms with Gasteiger partial charge in [0.15, 0.2) is 0 Å². The molecular weight excluding hydrogens is 331 g/mol. The fraction of sp³-hybridized carbons (Fsp3) is 0.238. The molecule has 0 amide bonds. The monoisotopic (exact) mass is 350 g/mol. The summed E-state index contributed by atoms with van der Waals surface area (Å²) in [5.74, 6) is -1.32. The van der Waals surface area contributed by atoms with E-state index in [1.807, 2.05) is 25.2 Å². The lowest BCUT2D eigenvalue weighted by Gasteiger charge is -2.24. The number of carbonyl (C=O) groups is 1. The Kier molecular flexibility index (Phi) is 3.68. The number of aromatic nitrogens is 2. The Bertz CT molecular complexity index is 1070. The summed E-state index contributed by atoms with van der Waals surface area (Å²) < 4.78 is 15.8. The average molecular weight is 350 g/mol. The molecule has 1 atom stereocenters. The minimum Gasteiger partial charge on any atom is -0.480 e. The minimum absolute atomic E-state index is 0.374. The molecule has 0 fully saturated rings. The van der Waals surface area contributed by atoms with E-state index in [1.165, 1.54) is 6.07 Å². The number of carboxylic acid groups (broad SMARTS) is 1. The van der Waals surface area contributed by atoms with Crippen LogP contribution in [0.15, 0.2) is 48.7 Å². The Hall–Kier alpha value is -2.95. The fourth-order valence-corrected chi connectivity index (χ4v) is 3.93. The highest BCUT2D eigenvalue weighted by Crippen LogP contribution is 2.44. The fourth-order valence-electron chi connectivity index (χ4n) is 3.93. The molecule has 0 spiro atoms. The normalized spacial score (nSPS) is 19.7. The summed E-state index contributed by atoms with van der Waals surface area (Å²) in [6.07, 6.45) is 4.66. The van der Waals surface area contributed by atoms with Gasteiger partial charge in [-0.15, -0.1) is 0 Å². The average Bonchev–Trinajstić information content (AvgIpc) is 3.23. The van der Waals surface area contributed by atoms with E-state index >= 15 is 0 Å². The molecule has 0 aliphatic heterocycles. The molecule has 0 radical (unpaired) electrons. The molecule has 1 N–H and O–H groups in total. The molecule has 26 heavy (non-hydrogen) atoms. The first-order chi connectivity index (χ1) is 12.4. The van der Waals surface area contributed by atoms with Gasteiger partial charge in [0.05, 0.1) is 11.7 Å². The van der Waals surface area contributed by atoms with Crippen molar-refractivity contribution in [2.24, 2.45) is 7.05 Å². The van der Waals surface area contributed by atoms with Crippen LogP contribution in [0.2, 0.25) is 0 Å². The van der Waals surface area contributed by atoms with Crippen molar-refractivity contribution in [1.29, 1.82) is 0 Å². The van der Waals surface area contributed by atoms with Crippen LogP contribution in [0.3, 0.4) is 0 Å². The van der Waals surface area contributed by atoms with E-state index < -0.39 is 11.4 Å². The zero-order valence-corrected chi connectivity index (χ0v) is 14.7. The second-order valence-corrected chi connectivity index (χ2v) is 6.90. The van der Waals surface area contributed by atoms with Gasteiger partial charge in [-0.2, -0.15) is 5.10 Å². The maximum absolute atomic E-state index is 14.0. The molecule has 0 saturated carbocycles. The molecule has 4 nitrogen and oxygen atoms in total. The maximum atomic E-state index is 14.0. The lowest BCUT2D eigenvalue weighted by Crippen LogP contribution is -2.32. The zero-order chi connectivity index (χ0) is 18.5. The Morgan fingerprint density at radius 3 is 2.88 bits per heavy atom. The van der Waals surface area contributed by atoms with Crippen molar-refractivity contribution in [3.8, 4) is 0 Å². The number of fused-ring (bicyclic) bond motifs is 1. The Morgan fingerprint density at radius 1 is 1.31 bits per heavy atom. The van der Waals surface area contributed by atoms with Crippen LogP contribution in [0, 0.1) is 12.7 Å². The highest BCUT2D eigenvalue weighted by atomic mass is 19.1. The third-order valence-electron chi connectivity index (χ3n) is 5.46. The molecule has 5 heteroatoms. The van der Waals surface area contributed by atoms with E-state index in [0.29, 0.717) is 24.0 Å². The third-order valence-corrected chi connectivity index (χ3v) is 5.46. The number of halogens is 1. The van der Waals surface area contributed by atoms with Gasteiger partial charge in [0.25, 0.3) is 0 Å². The predicted octanol–water partition coefficient (Wildman–Crippen LogP) is 4.22. The van der Waals surface area contributed by atoms with Crippen LogP contribution in [0.5, 0.6) is 0 Å². The van der Waals surface area contributed by atoms with E-state index in [1.54, 1.807) is 36.0 Å². The molecule has 1 aliphatic rings. The first kappa shape index (κ1) is 16.5. The topological polar surface area (TPSA) is 55.1 Å². The molecule has 1 aliphatic carbocycles. The van der Waals surface area contributed by atoms with E-state index in [-0.39, 0.29) is 5.82 Å². The minimum atomic E-state index is -1.19. The molecule has 132 valence electrons. The number of hydrogen-bond donors (Lipinski definition) is 1. The van der Waals surface area contributed by atoms with Crippen LogP contribution in [-0.4, -0.2) is 20.9 Å². The van der Waals surface area contributed by atoms with Crippen LogP contribution < -0.4 is 0 Å². The summed E-state index contributed by atoms with van der Waals surface area (Å²) in [5.41, 5.74) is 2.69. The lowest BCUT2D eigenvalue weighted by molar-refractivity contribution is -0.141. The summed E-state index contributed by atoms with van der Waals surface area (Å²) in [5, 5.41) is 15.3. The van der Waals surface area contributed by atoms with E-state index in [9.17, 15) is 14.3 Å². The standard InChI is InChI=1S/C21H19FN2O2/c1-13-17(4-3-5-18(13)22)21(20(25)26)9-8-15(11-21)14-6-7-16-12-23-24(2)19(16)10-14/h3-7,10-12H,8-9H2,1-2H3,(H,25,26). The van der Waals surface area contributed by atoms with Crippen LogP contribution in [0.1, 0.15) is 29.5 Å². The zero-order valence-electron chi connectivity index (χ0n) is 14.7. The van der Waals surface area contributed by atoms with Crippen molar-refractivity contribution in [2.75, 3.05) is 0 Å². The molecule has 0 bridgehead atoms. The smallest absolute Gasteiger partial charge is 0.318 e. The van der Waals surface area contributed by atoms with Gasteiger partial charge in [-0.25, -0.2) is 4.39 Å². The molecule has 4 rings (SSSR count). The van der Waals surface area contributed by atoms with Gasteiger partial charge < -0.3 is 5.11 Å². The SMILES string of the molecule is Cc1c(F)cccc1C1(C(=O)O)C=C(c2ccc3cnn(C)c3c2)CC1. The Balaban J connectivity index is 1.86. The van der Waals surface area contributed by atoms with Crippen molar-refractivity contribution in [2.45, 2.75) is 25.2 Å². The maximum Gasteiger partial charge on any atom is 0.318 e. The van der Waals surface area contributed by atoms with E-state index in [4.69, 9.17) is 0 Å². The van der Waals surface area contributed by atoms with Gasteiger partial charge in [0.1, 0.15) is 11.2 Å².